The number of esters is 1. The number of urea groups is 1. The van der Waals surface area contributed by atoms with Crippen molar-refractivity contribution in [3.05, 3.63) is 23.0 Å². The Labute approximate surface area is 142 Å². The molecule has 0 fully saturated rings. The molecule has 140 valence electrons. The van der Waals surface area contributed by atoms with Crippen molar-refractivity contribution in [1.82, 2.24) is 15.2 Å². The standard InChI is InChI=1S/C15H20F3N3O4/c1-4-5-19-14(24)20-12(22)7-25-13(23)11-6-9(2)21(10(11)3)8-15(16,17)18/h6H,4-5,7-8H2,1-3H3,(H2,19,20,22,24). The molecule has 0 saturated heterocycles. The van der Waals surface area contributed by atoms with Gasteiger partial charge in [0, 0.05) is 17.9 Å². The molecule has 7 nitrogen and oxygen atoms in total. The van der Waals surface area contributed by atoms with Gasteiger partial charge in [-0.05, 0) is 26.3 Å². The van der Waals surface area contributed by atoms with Gasteiger partial charge in [-0.2, -0.15) is 13.2 Å². The van der Waals surface area contributed by atoms with Crippen molar-refractivity contribution in [3.63, 3.8) is 0 Å². The second kappa shape index (κ2) is 8.54. The Kier molecular flexibility index (Phi) is 7.01. The fourth-order valence-electron chi connectivity index (χ4n) is 2.08. The van der Waals surface area contributed by atoms with E-state index in [-0.39, 0.29) is 17.0 Å². The van der Waals surface area contributed by atoms with Crippen LogP contribution in [-0.2, 0) is 16.1 Å². The number of halogens is 3. The van der Waals surface area contributed by atoms with Gasteiger partial charge in [-0.3, -0.25) is 10.1 Å². The molecule has 1 rings (SSSR count). The second-order valence-electron chi connectivity index (χ2n) is 5.37. The van der Waals surface area contributed by atoms with E-state index in [0.717, 1.165) is 4.57 Å². The van der Waals surface area contributed by atoms with Crippen LogP contribution < -0.4 is 10.6 Å². The normalized spacial score (nSPS) is 11.1. The highest BCUT2D eigenvalue weighted by molar-refractivity contribution is 5.97. The van der Waals surface area contributed by atoms with Crippen LogP contribution in [0.3, 0.4) is 0 Å². The summed E-state index contributed by atoms with van der Waals surface area (Å²) in [6.07, 6.45) is -3.74. The molecule has 1 heterocycles. The molecule has 0 radical (unpaired) electrons. The van der Waals surface area contributed by atoms with Crippen LogP contribution in [-0.4, -0.2) is 41.8 Å². The third kappa shape index (κ3) is 6.48. The molecule has 0 bridgehead atoms. The summed E-state index contributed by atoms with van der Waals surface area (Å²) >= 11 is 0. The Hall–Kier alpha value is -2.52. The zero-order valence-corrected chi connectivity index (χ0v) is 14.1. The average molecular weight is 363 g/mol. The quantitative estimate of drug-likeness (QED) is 0.757. The predicted octanol–water partition coefficient (Wildman–Crippen LogP) is 2.06. The number of carbonyl (C=O) groups is 3. The van der Waals surface area contributed by atoms with Crippen LogP contribution in [0, 0.1) is 13.8 Å². The maximum Gasteiger partial charge on any atom is 0.406 e. The van der Waals surface area contributed by atoms with E-state index in [1.165, 1.54) is 19.9 Å². The van der Waals surface area contributed by atoms with E-state index in [9.17, 15) is 27.6 Å². The summed E-state index contributed by atoms with van der Waals surface area (Å²) in [5.41, 5.74) is 0.260. The molecule has 0 aromatic carbocycles. The van der Waals surface area contributed by atoms with E-state index in [0.29, 0.717) is 13.0 Å². The molecule has 0 saturated carbocycles. The summed E-state index contributed by atoms with van der Waals surface area (Å²) in [5, 5.41) is 4.37. The van der Waals surface area contributed by atoms with Gasteiger partial charge in [-0.15, -0.1) is 0 Å². The third-order valence-electron chi connectivity index (χ3n) is 3.25. The maximum atomic E-state index is 12.5. The smallest absolute Gasteiger partial charge is 0.406 e. The molecule has 0 aliphatic rings. The number of amides is 3. The van der Waals surface area contributed by atoms with Gasteiger partial charge >= 0.3 is 18.2 Å². The van der Waals surface area contributed by atoms with E-state index < -0.39 is 37.2 Å². The Morgan fingerprint density at radius 3 is 2.44 bits per heavy atom. The highest BCUT2D eigenvalue weighted by atomic mass is 19.4. The molecule has 0 aliphatic carbocycles. The number of carbonyl (C=O) groups excluding carboxylic acids is 3. The van der Waals surface area contributed by atoms with Gasteiger partial charge < -0.3 is 14.6 Å². The molecule has 10 heteroatoms. The van der Waals surface area contributed by atoms with Crippen LogP contribution in [0.1, 0.15) is 35.1 Å². The van der Waals surface area contributed by atoms with Crippen molar-refractivity contribution in [1.29, 1.82) is 0 Å². The number of hydrogen-bond acceptors (Lipinski definition) is 4. The summed E-state index contributed by atoms with van der Waals surface area (Å²) in [6, 6.07) is 0.543. The number of hydrogen-bond donors (Lipinski definition) is 2. The number of imide groups is 1. The Morgan fingerprint density at radius 2 is 1.88 bits per heavy atom. The molecule has 0 aliphatic heterocycles. The first-order chi connectivity index (χ1) is 11.5. The van der Waals surface area contributed by atoms with Gasteiger partial charge in [0.15, 0.2) is 6.61 Å². The molecular weight excluding hydrogens is 343 g/mol. The van der Waals surface area contributed by atoms with Gasteiger partial charge in [0.1, 0.15) is 6.54 Å². The molecule has 1 aromatic heterocycles. The van der Waals surface area contributed by atoms with Crippen LogP contribution in [0.5, 0.6) is 0 Å². The molecule has 3 amide bonds. The van der Waals surface area contributed by atoms with Crippen molar-refractivity contribution >= 4 is 17.9 Å². The van der Waals surface area contributed by atoms with Gasteiger partial charge in [-0.1, -0.05) is 6.92 Å². The highest BCUT2D eigenvalue weighted by Gasteiger charge is 2.30. The zero-order valence-electron chi connectivity index (χ0n) is 14.1. The lowest BCUT2D eigenvalue weighted by Gasteiger charge is -2.12. The average Bonchev–Trinajstić information content (AvgIpc) is 2.77. The Morgan fingerprint density at radius 1 is 1.24 bits per heavy atom. The SMILES string of the molecule is CCCNC(=O)NC(=O)COC(=O)c1cc(C)n(CC(F)(F)F)c1C. The second-order valence-corrected chi connectivity index (χ2v) is 5.37. The summed E-state index contributed by atoms with van der Waals surface area (Å²) < 4.78 is 43.3. The number of rotatable bonds is 6. The summed E-state index contributed by atoms with van der Waals surface area (Å²) in [7, 11) is 0. The fraction of sp³-hybridized carbons (Fsp3) is 0.533. The maximum absolute atomic E-state index is 12.5. The number of aryl methyl sites for hydroxylation is 1. The molecule has 0 spiro atoms. The van der Waals surface area contributed by atoms with Crippen LogP contribution in [0.4, 0.5) is 18.0 Å². The van der Waals surface area contributed by atoms with Gasteiger partial charge in [0.05, 0.1) is 5.56 Å². The van der Waals surface area contributed by atoms with Crippen LogP contribution in [0.25, 0.3) is 0 Å². The van der Waals surface area contributed by atoms with E-state index in [1.807, 2.05) is 12.2 Å². The van der Waals surface area contributed by atoms with E-state index in [2.05, 4.69) is 5.32 Å². The minimum absolute atomic E-state index is 0.0648. The summed E-state index contributed by atoms with van der Waals surface area (Å²) in [6.45, 7) is 3.05. The molecule has 0 unspecified atom stereocenters. The topological polar surface area (TPSA) is 89.4 Å². The van der Waals surface area contributed by atoms with E-state index in [4.69, 9.17) is 4.74 Å². The number of ether oxygens (including phenoxy) is 1. The van der Waals surface area contributed by atoms with Crippen molar-refractivity contribution in [3.8, 4) is 0 Å². The third-order valence-corrected chi connectivity index (χ3v) is 3.25. The molecule has 2 N–H and O–H groups in total. The summed E-state index contributed by atoms with van der Waals surface area (Å²) in [4.78, 5) is 34.7. The van der Waals surface area contributed by atoms with Crippen LogP contribution in [0.15, 0.2) is 6.07 Å². The van der Waals surface area contributed by atoms with Gasteiger partial charge in [0.2, 0.25) is 0 Å². The first kappa shape index (κ1) is 20.5. The van der Waals surface area contributed by atoms with Crippen molar-refractivity contribution in [2.75, 3.05) is 13.2 Å². The zero-order chi connectivity index (χ0) is 19.2. The number of aromatic nitrogens is 1. The highest BCUT2D eigenvalue weighted by Crippen LogP contribution is 2.23. The molecule has 25 heavy (non-hydrogen) atoms. The first-order valence-corrected chi connectivity index (χ1v) is 7.53. The lowest BCUT2D eigenvalue weighted by atomic mass is 10.2. The fourth-order valence-corrected chi connectivity index (χ4v) is 2.08. The lowest BCUT2D eigenvalue weighted by Crippen LogP contribution is -2.41. The van der Waals surface area contributed by atoms with E-state index in [1.54, 1.807) is 0 Å². The Balaban J connectivity index is 2.65. The van der Waals surface area contributed by atoms with Crippen LogP contribution in [0.2, 0.25) is 0 Å². The largest absolute Gasteiger partial charge is 0.452 e. The summed E-state index contributed by atoms with van der Waals surface area (Å²) in [5.74, 6) is -1.78. The molecule has 1 aromatic rings. The molecular formula is C15H20F3N3O4. The van der Waals surface area contributed by atoms with Gasteiger partial charge in [0.25, 0.3) is 5.91 Å². The number of alkyl halides is 3. The minimum atomic E-state index is -4.43. The van der Waals surface area contributed by atoms with Crippen molar-refractivity contribution in [2.24, 2.45) is 0 Å². The Bertz CT molecular complexity index is 653. The van der Waals surface area contributed by atoms with Crippen molar-refractivity contribution in [2.45, 2.75) is 39.9 Å². The number of nitrogens with zero attached hydrogens (tertiary/aromatic N) is 1. The molecule has 0 atom stereocenters. The number of nitrogens with one attached hydrogen (secondary N) is 2. The van der Waals surface area contributed by atoms with Crippen LogP contribution >= 0.6 is 0 Å². The predicted molar refractivity (Wildman–Crippen MR) is 82.1 cm³/mol. The monoisotopic (exact) mass is 363 g/mol. The minimum Gasteiger partial charge on any atom is -0.452 e. The van der Waals surface area contributed by atoms with Gasteiger partial charge in [-0.25, -0.2) is 9.59 Å². The first-order valence-electron chi connectivity index (χ1n) is 7.53. The lowest BCUT2D eigenvalue weighted by molar-refractivity contribution is -0.141. The van der Waals surface area contributed by atoms with E-state index >= 15 is 0 Å². The van der Waals surface area contributed by atoms with Crippen molar-refractivity contribution < 1.29 is 32.3 Å².